The first-order chi connectivity index (χ1) is 15.1. The highest BCUT2D eigenvalue weighted by molar-refractivity contribution is 5.65. The van der Waals surface area contributed by atoms with Gasteiger partial charge < -0.3 is 23.5 Å². The van der Waals surface area contributed by atoms with Crippen LogP contribution in [0, 0.1) is 6.92 Å². The molecule has 0 bridgehead atoms. The number of anilines is 1. The van der Waals surface area contributed by atoms with Gasteiger partial charge in [0, 0.05) is 37.4 Å². The third kappa shape index (κ3) is 4.44. The van der Waals surface area contributed by atoms with E-state index in [1.165, 1.54) is 11.3 Å². The molecule has 3 aromatic rings. The van der Waals surface area contributed by atoms with Crippen LogP contribution in [0.25, 0.3) is 11.5 Å². The maximum Gasteiger partial charge on any atom is 0.248 e. The third-order valence-corrected chi connectivity index (χ3v) is 5.57. The van der Waals surface area contributed by atoms with E-state index in [1.807, 2.05) is 0 Å². The van der Waals surface area contributed by atoms with E-state index >= 15 is 0 Å². The summed E-state index contributed by atoms with van der Waals surface area (Å²) in [7, 11) is 4.73. The Bertz CT molecular complexity index is 1000. The van der Waals surface area contributed by atoms with Crippen LogP contribution in [0.3, 0.4) is 0 Å². The van der Waals surface area contributed by atoms with Crippen LogP contribution < -0.4 is 19.1 Å². The molecule has 0 spiro atoms. The minimum atomic E-state index is 0.424. The van der Waals surface area contributed by atoms with Crippen LogP contribution in [-0.4, -0.2) is 62.6 Å². The van der Waals surface area contributed by atoms with Crippen molar-refractivity contribution in [3.8, 4) is 28.7 Å². The second kappa shape index (κ2) is 9.26. The Morgan fingerprint density at radius 3 is 2.19 bits per heavy atom. The number of aryl methyl sites for hydroxylation is 1. The number of benzene rings is 2. The average Bonchev–Trinajstić information content (AvgIpc) is 3.27. The standard InChI is InChI=1S/C23H28N4O4/c1-16-7-5-6-8-18(16)27-11-9-26(10-12-27)15-21-24-25-23(31-21)17-13-19(28-2)22(30-4)20(14-17)29-3/h5-8,13-14H,9-12,15H2,1-4H3. The fourth-order valence-corrected chi connectivity index (χ4v) is 3.90. The van der Waals surface area contributed by atoms with Gasteiger partial charge in [-0.05, 0) is 30.7 Å². The van der Waals surface area contributed by atoms with E-state index in [9.17, 15) is 0 Å². The van der Waals surface area contributed by atoms with Gasteiger partial charge in [0.2, 0.25) is 17.5 Å². The molecule has 0 amide bonds. The Kier molecular flexibility index (Phi) is 6.27. The summed E-state index contributed by atoms with van der Waals surface area (Å²) in [5.41, 5.74) is 3.34. The summed E-state index contributed by atoms with van der Waals surface area (Å²) in [5.74, 6) is 2.63. The lowest BCUT2D eigenvalue weighted by molar-refractivity contribution is 0.227. The molecule has 1 aromatic heterocycles. The zero-order valence-corrected chi connectivity index (χ0v) is 18.4. The molecule has 8 heteroatoms. The predicted octanol–water partition coefficient (Wildman–Crippen LogP) is 3.39. The molecule has 2 heterocycles. The van der Waals surface area contributed by atoms with Crippen molar-refractivity contribution < 1.29 is 18.6 Å². The Morgan fingerprint density at radius 1 is 0.903 bits per heavy atom. The minimum Gasteiger partial charge on any atom is -0.493 e. The van der Waals surface area contributed by atoms with E-state index in [-0.39, 0.29) is 0 Å². The van der Waals surface area contributed by atoms with Gasteiger partial charge in [0.1, 0.15) is 0 Å². The van der Waals surface area contributed by atoms with Crippen molar-refractivity contribution in [2.75, 3.05) is 52.4 Å². The average molecular weight is 425 g/mol. The summed E-state index contributed by atoms with van der Waals surface area (Å²) < 4.78 is 22.2. The molecule has 0 radical (unpaired) electrons. The van der Waals surface area contributed by atoms with E-state index in [1.54, 1.807) is 33.5 Å². The molecule has 164 valence electrons. The molecular formula is C23H28N4O4. The summed E-state index contributed by atoms with van der Waals surface area (Å²) in [6.45, 7) is 6.60. The van der Waals surface area contributed by atoms with E-state index in [0.717, 1.165) is 31.7 Å². The normalized spacial score (nSPS) is 14.5. The monoisotopic (exact) mass is 424 g/mol. The summed E-state index contributed by atoms with van der Waals surface area (Å²) in [5, 5.41) is 8.47. The molecular weight excluding hydrogens is 396 g/mol. The highest BCUT2D eigenvalue weighted by Crippen LogP contribution is 2.40. The number of piperazine rings is 1. The van der Waals surface area contributed by atoms with Gasteiger partial charge in [-0.15, -0.1) is 10.2 Å². The molecule has 0 saturated carbocycles. The Hall–Kier alpha value is -3.26. The smallest absolute Gasteiger partial charge is 0.248 e. The first kappa shape index (κ1) is 21.0. The lowest BCUT2D eigenvalue weighted by Crippen LogP contribution is -2.46. The van der Waals surface area contributed by atoms with Gasteiger partial charge in [-0.25, -0.2) is 0 Å². The maximum absolute atomic E-state index is 5.95. The first-order valence-electron chi connectivity index (χ1n) is 10.3. The van der Waals surface area contributed by atoms with Crippen molar-refractivity contribution in [2.24, 2.45) is 0 Å². The molecule has 1 aliphatic heterocycles. The molecule has 4 rings (SSSR count). The fourth-order valence-electron chi connectivity index (χ4n) is 3.90. The maximum atomic E-state index is 5.95. The molecule has 0 unspecified atom stereocenters. The lowest BCUT2D eigenvalue weighted by atomic mass is 10.1. The van der Waals surface area contributed by atoms with Crippen molar-refractivity contribution in [1.82, 2.24) is 15.1 Å². The van der Waals surface area contributed by atoms with Crippen LogP contribution in [0.15, 0.2) is 40.8 Å². The molecule has 1 aliphatic rings. The topological polar surface area (TPSA) is 73.1 Å². The number of nitrogens with zero attached hydrogens (tertiary/aromatic N) is 4. The van der Waals surface area contributed by atoms with Gasteiger partial charge >= 0.3 is 0 Å². The summed E-state index contributed by atoms with van der Waals surface area (Å²) >= 11 is 0. The van der Waals surface area contributed by atoms with Crippen LogP contribution >= 0.6 is 0 Å². The van der Waals surface area contributed by atoms with Gasteiger partial charge in [-0.3, -0.25) is 4.90 Å². The number of rotatable bonds is 7. The second-order valence-electron chi connectivity index (χ2n) is 7.46. The van der Waals surface area contributed by atoms with Crippen molar-refractivity contribution in [3.63, 3.8) is 0 Å². The van der Waals surface area contributed by atoms with Gasteiger partial charge in [-0.1, -0.05) is 18.2 Å². The van der Waals surface area contributed by atoms with Crippen LogP contribution in [-0.2, 0) is 6.54 Å². The highest BCUT2D eigenvalue weighted by atomic mass is 16.5. The number of hydrogen-bond donors (Lipinski definition) is 0. The van der Waals surface area contributed by atoms with Crippen LogP contribution in [0.1, 0.15) is 11.5 Å². The molecule has 8 nitrogen and oxygen atoms in total. The number of hydrogen-bond acceptors (Lipinski definition) is 8. The van der Waals surface area contributed by atoms with Crippen molar-refractivity contribution >= 4 is 5.69 Å². The highest BCUT2D eigenvalue weighted by Gasteiger charge is 2.21. The molecule has 1 saturated heterocycles. The molecule has 0 aliphatic carbocycles. The Balaban J connectivity index is 1.43. The second-order valence-corrected chi connectivity index (χ2v) is 7.46. The molecule has 1 fully saturated rings. The fraction of sp³-hybridized carbons (Fsp3) is 0.391. The number of ether oxygens (including phenoxy) is 3. The predicted molar refractivity (Wildman–Crippen MR) is 118 cm³/mol. The van der Waals surface area contributed by atoms with E-state index < -0.39 is 0 Å². The minimum absolute atomic E-state index is 0.424. The van der Waals surface area contributed by atoms with E-state index in [0.29, 0.717) is 35.6 Å². The summed E-state index contributed by atoms with van der Waals surface area (Å²) in [6, 6.07) is 12.1. The first-order valence-corrected chi connectivity index (χ1v) is 10.3. The largest absolute Gasteiger partial charge is 0.493 e. The van der Waals surface area contributed by atoms with Gasteiger partial charge in [0.15, 0.2) is 11.5 Å². The SMILES string of the molecule is COc1cc(-c2nnc(CN3CCN(c4ccccc4C)CC3)o2)cc(OC)c1OC. The Morgan fingerprint density at radius 2 is 1.58 bits per heavy atom. The number of aromatic nitrogens is 2. The lowest BCUT2D eigenvalue weighted by Gasteiger charge is -2.36. The van der Waals surface area contributed by atoms with Crippen molar-refractivity contribution in [3.05, 3.63) is 47.9 Å². The zero-order valence-electron chi connectivity index (χ0n) is 18.4. The van der Waals surface area contributed by atoms with Crippen LogP contribution in [0.5, 0.6) is 17.2 Å². The molecule has 2 aromatic carbocycles. The van der Waals surface area contributed by atoms with Crippen molar-refractivity contribution in [1.29, 1.82) is 0 Å². The van der Waals surface area contributed by atoms with Crippen molar-refractivity contribution in [2.45, 2.75) is 13.5 Å². The summed E-state index contributed by atoms with van der Waals surface area (Å²) in [4.78, 5) is 4.77. The number of methoxy groups -OCH3 is 3. The van der Waals surface area contributed by atoms with Gasteiger partial charge in [0.05, 0.1) is 27.9 Å². The van der Waals surface area contributed by atoms with Gasteiger partial charge in [-0.2, -0.15) is 0 Å². The molecule has 0 atom stereocenters. The van der Waals surface area contributed by atoms with E-state index in [4.69, 9.17) is 18.6 Å². The van der Waals surface area contributed by atoms with E-state index in [2.05, 4.69) is 51.2 Å². The third-order valence-electron chi connectivity index (χ3n) is 5.57. The number of para-hydroxylation sites is 1. The van der Waals surface area contributed by atoms with Crippen LogP contribution in [0.4, 0.5) is 5.69 Å². The zero-order chi connectivity index (χ0) is 21.8. The Labute approximate surface area is 182 Å². The van der Waals surface area contributed by atoms with Crippen LogP contribution in [0.2, 0.25) is 0 Å². The summed E-state index contributed by atoms with van der Waals surface area (Å²) in [6.07, 6.45) is 0. The molecule has 0 N–H and O–H groups in total. The van der Waals surface area contributed by atoms with Gasteiger partial charge in [0.25, 0.3) is 0 Å². The quantitative estimate of drug-likeness (QED) is 0.572. The molecule has 31 heavy (non-hydrogen) atoms.